The molecule has 0 rings (SSSR count). The molecule has 58 valence electrons. The van der Waals surface area contributed by atoms with Crippen molar-refractivity contribution in [2.24, 2.45) is 0 Å². The lowest BCUT2D eigenvalue weighted by atomic mass is 10.9. The van der Waals surface area contributed by atoms with Gasteiger partial charge in [0.05, 0.1) is 6.61 Å². The Kier molecular flexibility index (Phi) is 8.59. The van der Waals surface area contributed by atoms with Crippen LogP contribution in [-0.2, 0) is 0 Å². The Labute approximate surface area is 58.3 Å². The summed E-state index contributed by atoms with van der Waals surface area (Å²) in [5, 5.41) is 7.74. The van der Waals surface area contributed by atoms with Crippen molar-refractivity contribution in [3.63, 3.8) is 0 Å². The highest BCUT2D eigenvalue weighted by atomic mass is 35.5. The van der Waals surface area contributed by atoms with Crippen molar-refractivity contribution in [2.45, 2.75) is 0 Å². The molecule has 5 N–H and O–H groups in total. The van der Waals surface area contributed by atoms with Crippen molar-refractivity contribution in [1.29, 1.82) is 0 Å². The largest absolute Gasteiger partial charge is 0.668 e. The first-order valence-corrected chi connectivity index (χ1v) is 4.30. The second-order valence-electron chi connectivity index (χ2n) is 1.01. The number of rotatable bonds is 1. The first kappa shape index (κ1) is 12.0. The molecular formula is C2H9ClO5Si. The molecule has 0 aliphatic heterocycles. The summed E-state index contributed by atoms with van der Waals surface area (Å²) in [5.41, 5.74) is 0. The zero-order chi connectivity index (χ0) is 7.91. The highest BCUT2D eigenvalue weighted by molar-refractivity contribution is 6.46. The van der Waals surface area contributed by atoms with E-state index in [2.05, 4.69) is 0 Å². The lowest BCUT2D eigenvalue weighted by Gasteiger charge is -1.91. The fourth-order valence-electron chi connectivity index (χ4n) is 0. The monoisotopic (exact) mass is 176 g/mol. The summed E-state index contributed by atoms with van der Waals surface area (Å²) in [4.78, 5) is 29.3. The van der Waals surface area contributed by atoms with Gasteiger partial charge >= 0.3 is 9.05 Å². The third-order valence-electron chi connectivity index (χ3n) is 0.0845. The van der Waals surface area contributed by atoms with Crippen molar-refractivity contribution >= 4 is 20.6 Å². The minimum atomic E-state index is -4.61. The minimum absolute atomic E-state index is 0.0849. The average Bonchev–Trinajstić information content (AvgIpc) is 1.61. The number of alkyl halides is 1. The predicted octanol–water partition coefficient (Wildman–Crippen LogP) is -2.39. The molecule has 0 spiro atoms. The van der Waals surface area contributed by atoms with E-state index in [1.54, 1.807) is 0 Å². The number of aliphatic hydroxyl groups excluding tert-OH is 1. The molecule has 0 aromatic rings. The van der Waals surface area contributed by atoms with Crippen LogP contribution in [0.1, 0.15) is 0 Å². The standard InChI is InChI=1S/C2H5ClO.H4O4Si/c3-1-2-4;1-5(2,3)4/h4H,1-2H2;1-4H. The fraction of sp³-hybridized carbons (Fsp3) is 1.00. The Morgan fingerprint density at radius 3 is 1.22 bits per heavy atom. The zero-order valence-electron chi connectivity index (χ0n) is 4.53. The molecule has 0 aromatic heterocycles. The molecule has 0 fully saturated rings. The molecule has 0 amide bonds. The average molecular weight is 177 g/mol. The van der Waals surface area contributed by atoms with E-state index in [-0.39, 0.29) is 6.61 Å². The summed E-state index contributed by atoms with van der Waals surface area (Å²) in [5.74, 6) is 0.347. The van der Waals surface area contributed by atoms with Gasteiger partial charge < -0.3 is 24.3 Å². The van der Waals surface area contributed by atoms with Crippen LogP contribution < -0.4 is 0 Å². The Morgan fingerprint density at radius 1 is 1.11 bits per heavy atom. The summed E-state index contributed by atoms with van der Waals surface area (Å²) in [7, 11) is -4.61. The normalized spacial score (nSPS) is 10.0. The maximum Gasteiger partial charge on any atom is 0.668 e. The van der Waals surface area contributed by atoms with Gasteiger partial charge in [0.15, 0.2) is 0 Å². The summed E-state index contributed by atoms with van der Waals surface area (Å²) < 4.78 is 0. The van der Waals surface area contributed by atoms with Crippen molar-refractivity contribution < 1.29 is 24.3 Å². The molecule has 0 bridgehead atoms. The van der Waals surface area contributed by atoms with E-state index >= 15 is 0 Å². The predicted molar refractivity (Wildman–Crippen MR) is 32.4 cm³/mol. The molecule has 0 saturated carbocycles. The van der Waals surface area contributed by atoms with E-state index in [1.807, 2.05) is 0 Å². The van der Waals surface area contributed by atoms with Crippen LogP contribution >= 0.6 is 11.6 Å². The molecule has 5 nitrogen and oxygen atoms in total. The van der Waals surface area contributed by atoms with Gasteiger partial charge in [-0.2, -0.15) is 0 Å². The van der Waals surface area contributed by atoms with E-state index in [4.69, 9.17) is 35.9 Å². The van der Waals surface area contributed by atoms with Crippen molar-refractivity contribution in [1.82, 2.24) is 0 Å². The van der Waals surface area contributed by atoms with Gasteiger partial charge in [-0.15, -0.1) is 11.6 Å². The van der Waals surface area contributed by atoms with Crippen LogP contribution in [0.3, 0.4) is 0 Å². The van der Waals surface area contributed by atoms with Crippen molar-refractivity contribution in [2.75, 3.05) is 12.5 Å². The second kappa shape index (κ2) is 6.43. The Hall–Kier alpha value is 0.307. The smallest absolute Gasteiger partial charge is 0.395 e. The highest BCUT2D eigenvalue weighted by Gasteiger charge is 2.22. The Morgan fingerprint density at radius 2 is 1.22 bits per heavy atom. The van der Waals surface area contributed by atoms with Crippen LogP contribution in [0, 0.1) is 0 Å². The van der Waals surface area contributed by atoms with Gasteiger partial charge in [-0.05, 0) is 0 Å². The van der Waals surface area contributed by atoms with E-state index in [0.29, 0.717) is 5.88 Å². The number of hydrogen-bond acceptors (Lipinski definition) is 5. The van der Waals surface area contributed by atoms with E-state index < -0.39 is 9.05 Å². The van der Waals surface area contributed by atoms with Crippen LogP contribution in [0.5, 0.6) is 0 Å². The molecule has 0 aromatic carbocycles. The van der Waals surface area contributed by atoms with Gasteiger partial charge in [-0.1, -0.05) is 0 Å². The zero-order valence-corrected chi connectivity index (χ0v) is 6.28. The lowest BCUT2D eigenvalue weighted by Crippen LogP contribution is -2.33. The molecule has 0 heterocycles. The van der Waals surface area contributed by atoms with Crippen LogP contribution in [0.2, 0.25) is 0 Å². The quantitative estimate of drug-likeness (QED) is 0.227. The molecule has 0 unspecified atom stereocenters. The maximum absolute atomic E-state index is 7.74. The summed E-state index contributed by atoms with van der Waals surface area (Å²) >= 11 is 4.94. The molecule has 7 heteroatoms. The molecule has 0 aliphatic rings. The van der Waals surface area contributed by atoms with Crippen molar-refractivity contribution in [3.05, 3.63) is 0 Å². The second-order valence-corrected chi connectivity index (χ2v) is 2.59. The molecule has 0 atom stereocenters. The molecule has 0 radical (unpaired) electrons. The minimum Gasteiger partial charge on any atom is -0.395 e. The number of hydrogen-bond donors (Lipinski definition) is 5. The Balaban J connectivity index is 0. The summed E-state index contributed by atoms with van der Waals surface area (Å²) in [6, 6.07) is 0. The maximum atomic E-state index is 7.74. The topological polar surface area (TPSA) is 101 Å². The van der Waals surface area contributed by atoms with Gasteiger partial charge in [0.25, 0.3) is 0 Å². The van der Waals surface area contributed by atoms with Crippen LogP contribution in [0.4, 0.5) is 0 Å². The summed E-state index contributed by atoms with van der Waals surface area (Å²) in [6.45, 7) is 0.0849. The van der Waals surface area contributed by atoms with Crippen LogP contribution in [0.15, 0.2) is 0 Å². The van der Waals surface area contributed by atoms with Gasteiger partial charge in [0.1, 0.15) is 0 Å². The summed E-state index contributed by atoms with van der Waals surface area (Å²) in [6.07, 6.45) is 0. The van der Waals surface area contributed by atoms with Gasteiger partial charge in [0, 0.05) is 5.88 Å². The van der Waals surface area contributed by atoms with Gasteiger partial charge in [-0.25, -0.2) is 0 Å². The fourth-order valence-corrected chi connectivity index (χ4v) is 0. The SMILES string of the molecule is OCCCl.O[Si](O)(O)O. The first-order chi connectivity index (χ1) is 3.91. The van der Waals surface area contributed by atoms with Gasteiger partial charge in [0.2, 0.25) is 0 Å². The van der Waals surface area contributed by atoms with Crippen LogP contribution in [0.25, 0.3) is 0 Å². The molecular weight excluding hydrogens is 168 g/mol. The molecule has 0 aliphatic carbocycles. The molecule has 0 saturated heterocycles. The molecule has 9 heavy (non-hydrogen) atoms. The highest BCUT2D eigenvalue weighted by Crippen LogP contribution is 1.67. The third-order valence-corrected chi connectivity index (χ3v) is 0.254. The van der Waals surface area contributed by atoms with E-state index in [1.165, 1.54) is 0 Å². The van der Waals surface area contributed by atoms with Crippen molar-refractivity contribution in [3.8, 4) is 0 Å². The van der Waals surface area contributed by atoms with E-state index in [9.17, 15) is 0 Å². The number of halogens is 1. The lowest BCUT2D eigenvalue weighted by molar-refractivity contribution is 0.117. The van der Waals surface area contributed by atoms with E-state index in [0.717, 1.165) is 0 Å². The first-order valence-electron chi connectivity index (χ1n) is 1.98. The van der Waals surface area contributed by atoms with Crippen LogP contribution in [-0.4, -0.2) is 45.8 Å². The van der Waals surface area contributed by atoms with Gasteiger partial charge in [-0.3, -0.25) is 0 Å². The third kappa shape index (κ3) is 193. The Bertz CT molecular complexity index is 45.4. The number of aliphatic hydroxyl groups is 1.